The molecule has 9 heteroatoms. The molecule has 0 spiro atoms. The van der Waals surface area contributed by atoms with E-state index < -0.39 is 4.92 Å². The van der Waals surface area contributed by atoms with E-state index in [1.807, 2.05) is 0 Å². The lowest BCUT2D eigenvalue weighted by Gasteiger charge is -2.31. The molecule has 1 aliphatic heterocycles. The summed E-state index contributed by atoms with van der Waals surface area (Å²) < 4.78 is 15.3. The van der Waals surface area contributed by atoms with Crippen molar-refractivity contribution < 1.29 is 28.7 Å². The molecule has 1 heterocycles. The molecule has 0 aliphatic carbocycles. The molecule has 0 radical (unpaired) electrons. The number of methoxy groups -OCH3 is 1. The second kappa shape index (κ2) is 9.02. The van der Waals surface area contributed by atoms with Gasteiger partial charge in [0, 0.05) is 13.1 Å². The van der Waals surface area contributed by atoms with Gasteiger partial charge in [-0.15, -0.1) is 0 Å². The molecule has 9 nitrogen and oxygen atoms in total. The third-order valence-corrected chi connectivity index (χ3v) is 4.11. The molecule has 1 saturated heterocycles. The van der Waals surface area contributed by atoms with Gasteiger partial charge in [-0.2, -0.15) is 0 Å². The minimum Gasteiger partial charge on any atom is -0.496 e. The quantitative estimate of drug-likeness (QED) is 0.411. The summed E-state index contributed by atoms with van der Waals surface area (Å²) in [6, 6.07) is 4.14. The average molecular weight is 366 g/mol. The lowest BCUT2D eigenvalue weighted by atomic mass is 9.98. The van der Waals surface area contributed by atoms with Crippen LogP contribution in [0.15, 0.2) is 18.2 Å². The van der Waals surface area contributed by atoms with E-state index in [9.17, 15) is 19.7 Å². The number of ether oxygens (including phenoxy) is 3. The van der Waals surface area contributed by atoms with E-state index in [1.165, 1.54) is 30.2 Å². The molecule has 1 aliphatic rings. The first-order valence-electron chi connectivity index (χ1n) is 8.35. The van der Waals surface area contributed by atoms with Gasteiger partial charge < -0.3 is 19.1 Å². The molecular weight excluding hydrogens is 344 g/mol. The number of benzene rings is 1. The fraction of sp³-hybridized carbons (Fsp3) is 0.529. The number of carbonyl (C=O) groups is 2. The number of rotatable bonds is 7. The van der Waals surface area contributed by atoms with E-state index >= 15 is 0 Å². The van der Waals surface area contributed by atoms with Gasteiger partial charge in [-0.25, -0.2) is 0 Å². The third-order valence-electron chi connectivity index (χ3n) is 4.11. The number of hydrogen-bond donors (Lipinski definition) is 0. The largest absolute Gasteiger partial charge is 0.496 e. The number of nitrogens with zero attached hydrogens (tertiary/aromatic N) is 2. The highest BCUT2D eigenvalue weighted by Crippen LogP contribution is 2.31. The molecule has 1 aromatic carbocycles. The molecule has 1 fully saturated rings. The lowest BCUT2D eigenvalue weighted by molar-refractivity contribution is -0.385. The molecule has 26 heavy (non-hydrogen) atoms. The van der Waals surface area contributed by atoms with Crippen LogP contribution in [0.5, 0.6) is 11.5 Å². The molecule has 0 unspecified atom stereocenters. The van der Waals surface area contributed by atoms with Crippen molar-refractivity contribution in [2.45, 2.75) is 19.8 Å². The predicted octanol–water partition coefficient (Wildman–Crippen LogP) is 1.78. The van der Waals surface area contributed by atoms with Crippen LogP contribution in [0.1, 0.15) is 19.8 Å². The van der Waals surface area contributed by atoms with Crippen LogP contribution >= 0.6 is 0 Å². The van der Waals surface area contributed by atoms with Gasteiger partial charge in [0.25, 0.3) is 5.91 Å². The SMILES string of the molecule is CCOC(=O)[C@H]1CCCN(C(=O)COc2ccc(OC)cc2[N+](=O)[O-])C1. The maximum atomic E-state index is 12.4. The van der Waals surface area contributed by atoms with Crippen molar-refractivity contribution in [1.29, 1.82) is 0 Å². The van der Waals surface area contributed by atoms with Crippen molar-refractivity contribution in [2.75, 3.05) is 33.4 Å². The van der Waals surface area contributed by atoms with Crippen molar-refractivity contribution in [3.05, 3.63) is 28.3 Å². The molecular formula is C17H22N2O7. The van der Waals surface area contributed by atoms with E-state index in [1.54, 1.807) is 6.92 Å². The number of carbonyl (C=O) groups excluding carboxylic acids is 2. The number of piperidine rings is 1. The fourth-order valence-electron chi connectivity index (χ4n) is 2.78. The van der Waals surface area contributed by atoms with Crippen LogP contribution in [-0.2, 0) is 14.3 Å². The van der Waals surface area contributed by atoms with E-state index in [-0.39, 0.29) is 42.4 Å². The zero-order valence-electron chi connectivity index (χ0n) is 14.8. The van der Waals surface area contributed by atoms with Gasteiger partial charge in [0.1, 0.15) is 5.75 Å². The van der Waals surface area contributed by atoms with Crippen molar-refractivity contribution in [1.82, 2.24) is 4.90 Å². The molecule has 1 aromatic rings. The predicted molar refractivity (Wildman–Crippen MR) is 91.1 cm³/mol. The Morgan fingerprint density at radius 2 is 2.15 bits per heavy atom. The minimum atomic E-state index is -0.597. The zero-order valence-corrected chi connectivity index (χ0v) is 14.8. The van der Waals surface area contributed by atoms with E-state index in [2.05, 4.69) is 0 Å². The number of likely N-dealkylation sites (tertiary alicyclic amines) is 1. The average Bonchev–Trinajstić information content (AvgIpc) is 2.66. The molecule has 2 rings (SSSR count). The Labute approximate surface area is 151 Å². The van der Waals surface area contributed by atoms with Crippen molar-refractivity contribution in [3.63, 3.8) is 0 Å². The van der Waals surface area contributed by atoms with Gasteiger partial charge in [0.15, 0.2) is 12.4 Å². The van der Waals surface area contributed by atoms with Crippen molar-refractivity contribution >= 4 is 17.6 Å². The topological polar surface area (TPSA) is 108 Å². The van der Waals surface area contributed by atoms with Gasteiger partial charge in [0.05, 0.1) is 30.6 Å². The van der Waals surface area contributed by atoms with E-state index in [4.69, 9.17) is 14.2 Å². The first kappa shape index (κ1) is 19.5. The van der Waals surface area contributed by atoms with Gasteiger partial charge in [0.2, 0.25) is 0 Å². The third kappa shape index (κ3) is 4.84. The van der Waals surface area contributed by atoms with Crippen LogP contribution in [0.3, 0.4) is 0 Å². The Morgan fingerprint density at radius 1 is 1.38 bits per heavy atom. The van der Waals surface area contributed by atoms with Gasteiger partial charge in [-0.1, -0.05) is 0 Å². The standard InChI is InChI=1S/C17H22N2O7/c1-3-25-17(21)12-5-4-8-18(10-12)16(20)11-26-15-7-6-13(24-2)9-14(15)19(22)23/h6-7,9,12H,3-5,8,10-11H2,1-2H3/t12-/m0/s1. The highest BCUT2D eigenvalue weighted by atomic mass is 16.6. The van der Waals surface area contributed by atoms with Gasteiger partial charge in [-0.05, 0) is 31.9 Å². The first-order valence-corrected chi connectivity index (χ1v) is 8.35. The Hall–Kier alpha value is -2.84. The summed E-state index contributed by atoms with van der Waals surface area (Å²) in [5.41, 5.74) is -0.278. The molecule has 0 aromatic heterocycles. The van der Waals surface area contributed by atoms with Gasteiger partial charge >= 0.3 is 11.7 Å². The second-order valence-electron chi connectivity index (χ2n) is 5.81. The van der Waals surface area contributed by atoms with Gasteiger partial charge in [-0.3, -0.25) is 19.7 Å². The zero-order chi connectivity index (χ0) is 19.1. The Morgan fingerprint density at radius 3 is 2.81 bits per heavy atom. The Balaban J connectivity index is 1.98. The van der Waals surface area contributed by atoms with Crippen LogP contribution in [-0.4, -0.2) is 55.1 Å². The molecule has 142 valence electrons. The molecule has 0 saturated carbocycles. The summed E-state index contributed by atoms with van der Waals surface area (Å²) in [5.74, 6) is -0.671. The Bertz CT molecular complexity index is 677. The minimum absolute atomic E-state index is 0.0110. The molecule has 1 amide bonds. The normalized spacial score (nSPS) is 16.7. The summed E-state index contributed by atoms with van der Waals surface area (Å²) in [7, 11) is 1.40. The molecule has 0 bridgehead atoms. The number of nitro groups is 1. The van der Waals surface area contributed by atoms with Crippen molar-refractivity contribution in [2.24, 2.45) is 5.92 Å². The van der Waals surface area contributed by atoms with Crippen LogP contribution in [0.25, 0.3) is 0 Å². The highest BCUT2D eigenvalue weighted by molar-refractivity contribution is 5.79. The summed E-state index contributed by atoms with van der Waals surface area (Å²) in [5, 5.41) is 11.1. The molecule has 0 N–H and O–H groups in total. The van der Waals surface area contributed by atoms with E-state index in [0.29, 0.717) is 31.7 Å². The molecule has 1 atom stereocenters. The smallest absolute Gasteiger partial charge is 0.314 e. The van der Waals surface area contributed by atoms with Crippen LogP contribution in [0.4, 0.5) is 5.69 Å². The second-order valence-corrected chi connectivity index (χ2v) is 5.81. The first-order chi connectivity index (χ1) is 12.5. The van der Waals surface area contributed by atoms with Crippen molar-refractivity contribution in [3.8, 4) is 11.5 Å². The number of esters is 1. The number of amides is 1. The Kier molecular flexibility index (Phi) is 6.76. The number of nitro benzene ring substituents is 1. The maximum absolute atomic E-state index is 12.4. The fourth-order valence-corrected chi connectivity index (χ4v) is 2.78. The number of hydrogen-bond acceptors (Lipinski definition) is 7. The summed E-state index contributed by atoms with van der Waals surface area (Å²) in [6.45, 7) is 2.48. The van der Waals surface area contributed by atoms with Crippen LogP contribution in [0, 0.1) is 16.0 Å². The highest BCUT2D eigenvalue weighted by Gasteiger charge is 2.29. The van der Waals surface area contributed by atoms with E-state index in [0.717, 1.165) is 0 Å². The maximum Gasteiger partial charge on any atom is 0.314 e. The summed E-state index contributed by atoms with van der Waals surface area (Å²) >= 11 is 0. The monoisotopic (exact) mass is 366 g/mol. The van der Waals surface area contributed by atoms with Crippen LogP contribution in [0.2, 0.25) is 0 Å². The summed E-state index contributed by atoms with van der Waals surface area (Å²) in [4.78, 5) is 36.3. The summed E-state index contributed by atoms with van der Waals surface area (Å²) in [6.07, 6.45) is 1.37. The lowest BCUT2D eigenvalue weighted by Crippen LogP contribution is -2.44. The van der Waals surface area contributed by atoms with Crippen LogP contribution < -0.4 is 9.47 Å².